The Balaban J connectivity index is 0.00000400. The van der Waals surface area contributed by atoms with Gasteiger partial charge in [0.2, 0.25) is 0 Å². The van der Waals surface area contributed by atoms with Crippen LogP contribution in [0.4, 0.5) is 0 Å². The van der Waals surface area contributed by atoms with Crippen molar-refractivity contribution in [2.24, 2.45) is 5.92 Å². The number of Topliss-reactive ketones (excluding diaryl/α,β-unsaturated/α-hetero) is 2. The summed E-state index contributed by atoms with van der Waals surface area (Å²) in [7, 11) is -4.82. The van der Waals surface area contributed by atoms with Crippen LogP contribution in [-0.2, 0) is 19.7 Å². The largest absolute Gasteiger partial charge is 1.00 e. The third-order valence-corrected chi connectivity index (χ3v) is 4.10. The van der Waals surface area contributed by atoms with Gasteiger partial charge in [0.15, 0.2) is 5.78 Å². The van der Waals surface area contributed by atoms with E-state index in [1.54, 1.807) is 0 Å². The smallest absolute Gasteiger partial charge is 0.744 e. The van der Waals surface area contributed by atoms with Crippen molar-refractivity contribution in [3.8, 4) is 0 Å². The Morgan fingerprint density at radius 1 is 1.24 bits per heavy atom. The van der Waals surface area contributed by atoms with Crippen LogP contribution in [0.1, 0.15) is 45.4 Å². The summed E-state index contributed by atoms with van der Waals surface area (Å²) in [5.41, 5.74) is 0. The van der Waals surface area contributed by atoms with Gasteiger partial charge in [-0.15, -0.1) is 0 Å². The Kier molecular flexibility index (Phi) is 9.56. The Morgan fingerprint density at radius 2 is 1.86 bits per heavy atom. The van der Waals surface area contributed by atoms with Gasteiger partial charge < -0.3 is 4.55 Å². The number of ketones is 2. The molecule has 1 atom stereocenters. The van der Waals surface area contributed by atoms with Crippen LogP contribution in [0.5, 0.6) is 0 Å². The van der Waals surface area contributed by atoms with Gasteiger partial charge in [-0.1, -0.05) is 44.8 Å². The molecule has 0 aromatic carbocycles. The molecule has 0 spiro atoms. The molecule has 0 aromatic rings. The minimum absolute atomic E-state index is 0. The molecule has 1 rings (SSSR count). The topological polar surface area (TPSA) is 91.3 Å². The van der Waals surface area contributed by atoms with E-state index >= 15 is 0 Å². The molecule has 5 nitrogen and oxygen atoms in total. The molecule has 0 radical (unpaired) electrons. The maximum absolute atomic E-state index is 11.9. The van der Waals surface area contributed by atoms with Crippen molar-refractivity contribution in [2.75, 3.05) is 0 Å². The van der Waals surface area contributed by atoms with Gasteiger partial charge in [-0.3, -0.25) is 9.59 Å². The van der Waals surface area contributed by atoms with E-state index < -0.39 is 26.7 Å². The monoisotopic (exact) mass is 322 g/mol. The third-order valence-electron chi connectivity index (χ3n) is 3.22. The summed E-state index contributed by atoms with van der Waals surface area (Å²) in [5.74, 6) is -2.34. The molecule has 0 aromatic heterocycles. The van der Waals surface area contributed by atoms with E-state index in [9.17, 15) is 22.6 Å². The van der Waals surface area contributed by atoms with Crippen molar-refractivity contribution >= 4 is 21.7 Å². The van der Waals surface area contributed by atoms with Crippen LogP contribution < -0.4 is 29.6 Å². The van der Waals surface area contributed by atoms with Crippen LogP contribution in [-0.4, -0.2) is 24.5 Å². The average Bonchev–Trinajstić information content (AvgIpc) is 2.37. The minimum Gasteiger partial charge on any atom is -0.744 e. The van der Waals surface area contributed by atoms with Crippen LogP contribution >= 0.6 is 0 Å². The van der Waals surface area contributed by atoms with Crippen LogP contribution in [0, 0.1) is 5.92 Å². The van der Waals surface area contributed by atoms with Crippen molar-refractivity contribution in [1.82, 2.24) is 0 Å². The van der Waals surface area contributed by atoms with Gasteiger partial charge in [0.1, 0.15) is 15.9 Å². The fourth-order valence-corrected chi connectivity index (χ4v) is 2.71. The number of carbonyl (C=O) groups is 2. The maximum Gasteiger partial charge on any atom is 1.00 e. The first kappa shape index (κ1) is 20.7. The summed E-state index contributed by atoms with van der Waals surface area (Å²) in [6.07, 6.45) is 8.67. The number of carbonyl (C=O) groups excluding carboxylic acids is 2. The molecular formula is C14H19NaO5S. The van der Waals surface area contributed by atoms with Crippen LogP contribution in [0.15, 0.2) is 23.1 Å². The molecule has 0 saturated carbocycles. The zero-order valence-corrected chi connectivity index (χ0v) is 15.3. The molecule has 0 N–H and O–H groups in total. The fraction of sp³-hybridized carbons (Fsp3) is 0.571. The predicted octanol–water partition coefficient (Wildman–Crippen LogP) is -0.896. The molecule has 21 heavy (non-hydrogen) atoms. The molecule has 0 aliphatic heterocycles. The predicted molar refractivity (Wildman–Crippen MR) is 73.8 cm³/mol. The number of hydrogen-bond acceptors (Lipinski definition) is 5. The Bertz CT molecular complexity index is 534. The molecule has 0 bridgehead atoms. The number of hydrogen-bond donors (Lipinski definition) is 0. The van der Waals surface area contributed by atoms with Gasteiger partial charge in [0.25, 0.3) is 0 Å². The van der Waals surface area contributed by atoms with Crippen LogP contribution in [0.2, 0.25) is 0 Å². The maximum atomic E-state index is 11.9. The van der Waals surface area contributed by atoms with E-state index in [4.69, 9.17) is 0 Å². The first-order valence-corrected chi connectivity index (χ1v) is 8.20. The SMILES string of the molecule is CCCCCCCC(=O)C1C=CC=C(S(=O)(=O)[O-])C1=O.[Na+]. The van der Waals surface area contributed by atoms with Gasteiger partial charge in [0, 0.05) is 6.42 Å². The van der Waals surface area contributed by atoms with E-state index in [0.717, 1.165) is 31.8 Å². The Hall–Kier alpha value is -0.270. The van der Waals surface area contributed by atoms with Crippen molar-refractivity contribution in [3.05, 3.63) is 23.1 Å². The fourth-order valence-electron chi connectivity index (χ4n) is 2.10. The van der Waals surface area contributed by atoms with E-state index in [0.29, 0.717) is 6.42 Å². The van der Waals surface area contributed by atoms with Crippen LogP contribution in [0.25, 0.3) is 0 Å². The Morgan fingerprint density at radius 3 is 2.43 bits per heavy atom. The first-order valence-electron chi connectivity index (χ1n) is 6.79. The quantitative estimate of drug-likeness (QED) is 0.250. The zero-order valence-electron chi connectivity index (χ0n) is 12.5. The number of allylic oxidation sites excluding steroid dienone is 4. The van der Waals surface area contributed by atoms with Gasteiger partial charge in [-0.2, -0.15) is 0 Å². The summed E-state index contributed by atoms with van der Waals surface area (Å²) in [6, 6.07) is 0. The second-order valence-corrected chi connectivity index (χ2v) is 6.19. The summed E-state index contributed by atoms with van der Waals surface area (Å²) in [4.78, 5) is 22.9. The third kappa shape index (κ3) is 6.57. The molecule has 7 heteroatoms. The van der Waals surface area contributed by atoms with Crippen molar-refractivity contribution in [2.45, 2.75) is 45.4 Å². The van der Waals surface area contributed by atoms with E-state index in [2.05, 4.69) is 6.92 Å². The van der Waals surface area contributed by atoms with Gasteiger partial charge in [-0.25, -0.2) is 8.42 Å². The summed E-state index contributed by atoms with van der Waals surface area (Å²) < 4.78 is 32.7. The number of unbranched alkanes of at least 4 members (excludes halogenated alkanes) is 4. The summed E-state index contributed by atoms with van der Waals surface area (Å²) in [5, 5.41) is 0. The van der Waals surface area contributed by atoms with E-state index in [1.165, 1.54) is 12.2 Å². The van der Waals surface area contributed by atoms with Gasteiger partial charge >= 0.3 is 29.6 Å². The molecule has 0 heterocycles. The second kappa shape index (κ2) is 9.69. The number of rotatable bonds is 8. The molecule has 1 aliphatic rings. The molecule has 0 saturated heterocycles. The van der Waals surface area contributed by atoms with Gasteiger partial charge in [-0.05, 0) is 12.5 Å². The zero-order chi connectivity index (χ0) is 15.2. The average molecular weight is 322 g/mol. The van der Waals surface area contributed by atoms with E-state index in [1.807, 2.05) is 0 Å². The molecular weight excluding hydrogens is 303 g/mol. The van der Waals surface area contributed by atoms with Gasteiger partial charge in [0.05, 0.1) is 10.8 Å². The summed E-state index contributed by atoms with van der Waals surface area (Å²) in [6.45, 7) is 2.09. The van der Waals surface area contributed by atoms with Crippen LogP contribution in [0.3, 0.4) is 0 Å². The molecule has 1 unspecified atom stereocenters. The molecule has 0 fully saturated rings. The first-order chi connectivity index (χ1) is 9.38. The molecule has 0 amide bonds. The molecule has 1 aliphatic carbocycles. The van der Waals surface area contributed by atoms with Crippen molar-refractivity contribution < 1.29 is 52.1 Å². The van der Waals surface area contributed by atoms with E-state index in [-0.39, 0.29) is 41.8 Å². The summed E-state index contributed by atoms with van der Waals surface area (Å²) >= 11 is 0. The standard InChI is InChI=1S/C14H20O5S.Na/c1-2-3-4-5-6-9-12(15)11-8-7-10-13(14(11)16)20(17,18)19;/h7-8,10-11H,2-6,9H2,1H3,(H,17,18,19);/q;+1/p-1. The molecule has 112 valence electrons. The second-order valence-electron chi connectivity index (χ2n) is 4.84. The van der Waals surface area contributed by atoms with Crippen molar-refractivity contribution in [1.29, 1.82) is 0 Å². The minimum atomic E-state index is -4.82. The Labute approximate surface area is 147 Å². The normalized spacial score (nSPS) is 18.1. The van der Waals surface area contributed by atoms with Crippen molar-refractivity contribution in [3.63, 3.8) is 0 Å².